The van der Waals surface area contributed by atoms with Crippen molar-refractivity contribution in [2.75, 3.05) is 12.4 Å². The number of fused-ring (bicyclic) bond motifs is 2. The number of sulfone groups is 1. The first-order valence-corrected chi connectivity index (χ1v) is 17.0. The molecule has 5 rings (SSSR count). The van der Waals surface area contributed by atoms with Gasteiger partial charge in [0.2, 0.25) is 5.91 Å². The number of carbonyl (C=O) groups excluding carboxylic acids is 2. The number of aromatic nitrogens is 2. The molecule has 0 unspecified atom stereocenters. The Morgan fingerprint density at radius 1 is 1.07 bits per heavy atom. The number of benzene rings is 2. The van der Waals surface area contributed by atoms with Crippen LogP contribution in [0.5, 0.6) is 5.75 Å². The van der Waals surface area contributed by atoms with E-state index in [1.165, 1.54) is 30.6 Å². The van der Waals surface area contributed by atoms with Crippen LogP contribution in [0.2, 0.25) is 0 Å². The third-order valence-corrected chi connectivity index (χ3v) is 11.1. The van der Waals surface area contributed by atoms with Crippen molar-refractivity contribution in [3.63, 3.8) is 0 Å². The topological polar surface area (TPSA) is 127 Å². The van der Waals surface area contributed by atoms with Gasteiger partial charge in [0.05, 0.1) is 23.5 Å². The number of methoxy groups -OCH3 is 1. The van der Waals surface area contributed by atoms with Crippen molar-refractivity contribution in [3.05, 3.63) is 52.8 Å². The lowest BCUT2D eigenvalue weighted by Gasteiger charge is -2.31. The molecule has 3 aromatic rings. The summed E-state index contributed by atoms with van der Waals surface area (Å²) in [5, 5.41) is 14.9. The zero-order valence-corrected chi connectivity index (χ0v) is 27.2. The number of amides is 2. The first-order valence-electron chi connectivity index (χ1n) is 14.7. The number of hydrogen-bond donors (Lipinski definition) is 2. The van der Waals surface area contributed by atoms with E-state index in [0.29, 0.717) is 17.8 Å². The van der Waals surface area contributed by atoms with Crippen molar-refractivity contribution >= 4 is 38.7 Å². The summed E-state index contributed by atoms with van der Waals surface area (Å²) in [4.78, 5) is 26.2. The number of alkyl halides is 3. The number of nitrogens with one attached hydrogen (secondary N) is 2. The molecule has 2 bridgehead atoms. The van der Waals surface area contributed by atoms with E-state index in [-0.39, 0.29) is 39.8 Å². The van der Waals surface area contributed by atoms with Crippen molar-refractivity contribution in [3.8, 4) is 16.3 Å². The number of carbonyl (C=O) groups is 2. The summed E-state index contributed by atoms with van der Waals surface area (Å²) in [6, 6.07) is 5.79. The molecule has 0 aliphatic heterocycles. The number of nitrogens with zero attached hydrogens (tertiary/aromatic N) is 2. The fraction of sp³-hybridized carbons (Fsp3) is 0.484. The summed E-state index contributed by atoms with van der Waals surface area (Å²) < 4.78 is 83.6. The molecule has 248 valence electrons. The van der Waals surface area contributed by atoms with Crippen LogP contribution in [-0.2, 0) is 21.1 Å². The molecule has 0 spiro atoms. The molecule has 2 saturated carbocycles. The molecule has 4 atom stereocenters. The van der Waals surface area contributed by atoms with E-state index < -0.39 is 49.8 Å². The largest absolute Gasteiger partial charge is 0.501 e. The highest BCUT2D eigenvalue weighted by atomic mass is 32.2. The van der Waals surface area contributed by atoms with Crippen molar-refractivity contribution in [1.82, 2.24) is 15.5 Å². The predicted octanol–water partition coefficient (Wildman–Crippen LogP) is 6.41. The number of aryl methyl sites for hydroxylation is 1. The van der Waals surface area contributed by atoms with Gasteiger partial charge in [-0.1, -0.05) is 38.2 Å². The summed E-state index contributed by atoms with van der Waals surface area (Å²) in [6.45, 7) is 6.32. The third-order valence-electron chi connectivity index (χ3n) is 8.55. The SMILES string of the molecule is COc1cc(F)c(-c2nnc(CCC(C)(C)C)s2)cc1C(=O)N[C@@H]1[C@H]2CC[C@H](C2)[C@@H]1C(=O)Nc1cccc(S(=O)(=O)C(F)(F)F)c1. The zero-order chi connectivity index (χ0) is 33.6. The van der Waals surface area contributed by atoms with Gasteiger partial charge >= 0.3 is 5.51 Å². The van der Waals surface area contributed by atoms with Crippen LogP contribution in [0.15, 0.2) is 41.3 Å². The lowest BCUT2D eigenvalue weighted by atomic mass is 9.83. The zero-order valence-electron chi connectivity index (χ0n) is 25.6. The molecule has 0 saturated heterocycles. The first-order chi connectivity index (χ1) is 21.5. The molecule has 1 aromatic heterocycles. The van der Waals surface area contributed by atoms with Crippen LogP contribution < -0.4 is 15.4 Å². The molecule has 2 fully saturated rings. The van der Waals surface area contributed by atoms with Gasteiger partial charge in [-0.25, -0.2) is 12.8 Å². The highest BCUT2D eigenvalue weighted by Crippen LogP contribution is 2.49. The average Bonchev–Trinajstić information content (AvgIpc) is 3.72. The van der Waals surface area contributed by atoms with Gasteiger partial charge in [-0.05, 0) is 67.2 Å². The van der Waals surface area contributed by atoms with Crippen molar-refractivity contribution in [1.29, 1.82) is 0 Å². The van der Waals surface area contributed by atoms with Crippen LogP contribution in [0.25, 0.3) is 10.6 Å². The molecule has 46 heavy (non-hydrogen) atoms. The number of rotatable bonds is 9. The summed E-state index contributed by atoms with van der Waals surface area (Å²) in [7, 11) is -4.31. The van der Waals surface area contributed by atoms with Gasteiger partial charge in [0, 0.05) is 29.8 Å². The molecule has 2 N–H and O–H groups in total. The molecule has 2 aliphatic carbocycles. The molecule has 2 aromatic carbocycles. The van der Waals surface area contributed by atoms with E-state index in [1.54, 1.807) is 0 Å². The lowest BCUT2D eigenvalue weighted by molar-refractivity contribution is -0.122. The minimum absolute atomic E-state index is 0.0110. The molecular weight excluding hydrogens is 648 g/mol. The number of halogens is 4. The van der Waals surface area contributed by atoms with Crippen LogP contribution in [0.3, 0.4) is 0 Å². The van der Waals surface area contributed by atoms with E-state index in [9.17, 15) is 31.2 Å². The quantitative estimate of drug-likeness (QED) is 0.250. The first kappa shape index (κ1) is 33.8. The minimum Gasteiger partial charge on any atom is -0.496 e. The van der Waals surface area contributed by atoms with Gasteiger partial charge < -0.3 is 15.4 Å². The average molecular weight is 683 g/mol. The maximum Gasteiger partial charge on any atom is 0.501 e. The number of hydrogen-bond acceptors (Lipinski definition) is 8. The second-order valence-electron chi connectivity index (χ2n) is 12.9. The standard InChI is InChI=1S/C31H34F4N4O5S2/c1-30(2,3)11-10-24-38-39-29(45-24)20-14-21(23(44-4)15-22(20)32)27(40)37-26-17-9-8-16(12-17)25(26)28(41)36-18-6-5-7-19(13-18)46(42,43)31(33,34)35/h5-7,13-17,25-26H,8-12H2,1-4H3,(H,36,41)(H,37,40)/t16-,17+,25+,26-/m1/s1. The number of anilines is 1. The van der Waals surface area contributed by atoms with E-state index in [0.717, 1.165) is 48.5 Å². The summed E-state index contributed by atoms with van der Waals surface area (Å²) in [5.74, 6) is -2.67. The predicted molar refractivity (Wildman–Crippen MR) is 164 cm³/mol. The van der Waals surface area contributed by atoms with Crippen LogP contribution in [0.4, 0.5) is 23.2 Å². The Kier molecular flexibility index (Phi) is 9.21. The maximum absolute atomic E-state index is 15.2. The molecule has 9 nitrogen and oxygen atoms in total. The highest BCUT2D eigenvalue weighted by Gasteiger charge is 2.52. The van der Waals surface area contributed by atoms with Crippen LogP contribution in [0, 0.1) is 29.0 Å². The normalized spacial score (nSPS) is 21.3. The van der Waals surface area contributed by atoms with E-state index >= 15 is 4.39 Å². The van der Waals surface area contributed by atoms with Crippen LogP contribution in [0.1, 0.15) is 61.8 Å². The monoisotopic (exact) mass is 682 g/mol. The summed E-state index contributed by atoms with van der Waals surface area (Å²) in [6.07, 6.45) is 3.65. The summed E-state index contributed by atoms with van der Waals surface area (Å²) in [5.41, 5.74) is -5.42. The molecule has 2 aliphatic rings. The van der Waals surface area contributed by atoms with Crippen molar-refractivity contribution in [2.24, 2.45) is 23.2 Å². The number of ether oxygens (including phenoxy) is 1. The third kappa shape index (κ3) is 6.89. The van der Waals surface area contributed by atoms with Crippen LogP contribution in [-0.4, -0.2) is 49.1 Å². The molecule has 0 radical (unpaired) electrons. The Morgan fingerprint density at radius 3 is 2.46 bits per heavy atom. The fourth-order valence-electron chi connectivity index (χ4n) is 6.22. The fourth-order valence-corrected chi connectivity index (χ4v) is 7.88. The highest BCUT2D eigenvalue weighted by molar-refractivity contribution is 7.92. The Bertz CT molecular complexity index is 1750. The maximum atomic E-state index is 15.2. The van der Waals surface area contributed by atoms with Crippen LogP contribution >= 0.6 is 11.3 Å². The van der Waals surface area contributed by atoms with E-state index in [4.69, 9.17) is 4.74 Å². The lowest BCUT2D eigenvalue weighted by Crippen LogP contribution is -2.48. The Balaban J connectivity index is 1.36. The van der Waals surface area contributed by atoms with Gasteiger partial charge in [0.15, 0.2) is 5.01 Å². The van der Waals surface area contributed by atoms with Gasteiger partial charge in [0.25, 0.3) is 15.7 Å². The van der Waals surface area contributed by atoms with Crippen molar-refractivity contribution in [2.45, 2.75) is 69.3 Å². The van der Waals surface area contributed by atoms with Gasteiger partial charge in [0.1, 0.15) is 16.6 Å². The molecule has 1 heterocycles. The smallest absolute Gasteiger partial charge is 0.496 e. The van der Waals surface area contributed by atoms with E-state index in [1.807, 2.05) is 0 Å². The van der Waals surface area contributed by atoms with Gasteiger partial charge in [-0.3, -0.25) is 9.59 Å². The van der Waals surface area contributed by atoms with Crippen molar-refractivity contribution < 1.29 is 40.3 Å². The Labute approximate surface area is 268 Å². The second kappa shape index (κ2) is 12.5. The minimum atomic E-state index is -5.62. The second-order valence-corrected chi connectivity index (χ2v) is 15.9. The molecule has 15 heteroatoms. The summed E-state index contributed by atoms with van der Waals surface area (Å²) >= 11 is 1.24. The van der Waals surface area contributed by atoms with Gasteiger partial charge in [-0.2, -0.15) is 13.2 Å². The Hall–Kier alpha value is -3.59. The molecular formula is C31H34F4N4O5S2. The molecule has 2 amide bonds. The van der Waals surface area contributed by atoms with Gasteiger partial charge in [-0.15, -0.1) is 10.2 Å². The van der Waals surface area contributed by atoms with E-state index in [2.05, 4.69) is 41.6 Å². The Morgan fingerprint density at radius 2 is 1.78 bits per heavy atom.